The summed E-state index contributed by atoms with van der Waals surface area (Å²) in [5, 5.41) is 15.9. The zero-order valence-corrected chi connectivity index (χ0v) is 11.2. The van der Waals surface area contributed by atoms with Gasteiger partial charge in [-0.1, -0.05) is 17.3 Å². The Labute approximate surface area is 118 Å². The standard InChI is InChI=1S/C13H12FN3O2S/c14-9-4-1-5-10(12(9)13(15)17-19)16-11(18)7-8-3-2-6-20-8/h1-6,19H,7H2,(H2,15,17)(H,16,18). The maximum atomic E-state index is 13.7. The van der Waals surface area contributed by atoms with E-state index in [1.165, 1.54) is 29.5 Å². The number of halogens is 1. The summed E-state index contributed by atoms with van der Waals surface area (Å²) in [7, 11) is 0. The van der Waals surface area contributed by atoms with Gasteiger partial charge in [-0.05, 0) is 23.6 Å². The zero-order chi connectivity index (χ0) is 14.5. The van der Waals surface area contributed by atoms with Crippen molar-refractivity contribution in [3.05, 3.63) is 52.0 Å². The highest BCUT2D eigenvalue weighted by molar-refractivity contribution is 7.10. The number of thiophene rings is 1. The number of rotatable bonds is 4. The molecule has 0 spiro atoms. The van der Waals surface area contributed by atoms with Gasteiger partial charge in [-0.25, -0.2) is 4.39 Å². The van der Waals surface area contributed by atoms with Gasteiger partial charge in [0.1, 0.15) is 5.82 Å². The van der Waals surface area contributed by atoms with E-state index in [1.54, 1.807) is 0 Å². The number of hydrogen-bond donors (Lipinski definition) is 3. The molecule has 0 saturated carbocycles. The summed E-state index contributed by atoms with van der Waals surface area (Å²) in [4.78, 5) is 12.8. The zero-order valence-electron chi connectivity index (χ0n) is 10.3. The number of anilines is 1. The van der Waals surface area contributed by atoms with Gasteiger partial charge in [-0.2, -0.15) is 0 Å². The third kappa shape index (κ3) is 3.12. The van der Waals surface area contributed by atoms with E-state index in [9.17, 15) is 9.18 Å². The average molecular weight is 293 g/mol. The Morgan fingerprint density at radius 1 is 1.40 bits per heavy atom. The van der Waals surface area contributed by atoms with Crippen molar-refractivity contribution in [3.8, 4) is 0 Å². The monoisotopic (exact) mass is 293 g/mol. The van der Waals surface area contributed by atoms with Crippen molar-refractivity contribution in [3.63, 3.8) is 0 Å². The minimum absolute atomic E-state index is 0.130. The van der Waals surface area contributed by atoms with Crippen molar-refractivity contribution >= 4 is 28.8 Å². The lowest BCUT2D eigenvalue weighted by atomic mass is 10.1. The minimum Gasteiger partial charge on any atom is -0.409 e. The predicted molar refractivity (Wildman–Crippen MR) is 75.6 cm³/mol. The van der Waals surface area contributed by atoms with E-state index in [1.807, 2.05) is 17.5 Å². The first kappa shape index (κ1) is 14.0. The molecule has 104 valence electrons. The van der Waals surface area contributed by atoms with Gasteiger partial charge >= 0.3 is 0 Å². The maximum absolute atomic E-state index is 13.7. The molecule has 4 N–H and O–H groups in total. The molecule has 5 nitrogen and oxygen atoms in total. The van der Waals surface area contributed by atoms with Crippen LogP contribution in [-0.2, 0) is 11.2 Å². The van der Waals surface area contributed by atoms with Crippen LogP contribution in [0, 0.1) is 5.82 Å². The van der Waals surface area contributed by atoms with Crippen molar-refractivity contribution in [2.24, 2.45) is 10.9 Å². The van der Waals surface area contributed by atoms with Gasteiger partial charge in [-0.3, -0.25) is 4.79 Å². The number of amides is 1. The predicted octanol–water partition coefficient (Wildman–Crippen LogP) is 2.16. The molecule has 1 aromatic carbocycles. The third-order valence-corrected chi connectivity index (χ3v) is 3.44. The lowest BCUT2D eigenvalue weighted by Crippen LogP contribution is -2.21. The Balaban J connectivity index is 2.21. The van der Waals surface area contributed by atoms with Crippen LogP contribution in [0.3, 0.4) is 0 Å². The Hall–Kier alpha value is -2.41. The van der Waals surface area contributed by atoms with Gasteiger partial charge in [0.05, 0.1) is 17.7 Å². The summed E-state index contributed by atoms with van der Waals surface area (Å²) >= 11 is 1.46. The van der Waals surface area contributed by atoms with Crippen molar-refractivity contribution in [2.75, 3.05) is 5.32 Å². The lowest BCUT2D eigenvalue weighted by molar-refractivity contribution is -0.115. The highest BCUT2D eigenvalue weighted by atomic mass is 32.1. The quantitative estimate of drug-likeness (QED) is 0.349. The van der Waals surface area contributed by atoms with Crippen molar-refractivity contribution in [2.45, 2.75) is 6.42 Å². The van der Waals surface area contributed by atoms with Gasteiger partial charge in [0.25, 0.3) is 0 Å². The lowest BCUT2D eigenvalue weighted by Gasteiger charge is -2.10. The number of oxime groups is 1. The van der Waals surface area contributed by atoms with E-state index in [-0.39, 0.29) is 23.6 Å². The molecule has 7 heteroatoms. The molecule has 0 atom stereocenters. The molecule has 1 heterocycles. The summed E-state index contributed by atoms with van der Waals surface area (Å²) in [6.07, 6.45) is 0.184. The molecule has 0 bridgehead atoms. The smallest absolute Gasteiger partial charge is 0.229 e. The van der Waals surface area contributed by atoms with Crippen molar-refractivity contribution in [1.82, 2.24) is 0 Å². The summed E-state index contributed by atoms with van der Waals surface area (Å²) < 4.78 is 13.7. The Morgan fingerprint density at radius 2 is 2.20 bits per heavy atom. The maximum Gasteiger partial charge on any atom is 0.229 e. The minimum atomic E-state index is -0.672. The van der Waals surface area contributed by atoms with E-state index in [2.05, 4.69) is 10.5 Å². The molecule has 0 aliphatic heterocycles. The Bertz CT molecular complexity index is 641. The molecular weight excluding hydrogens is 281 g/mol. The van der Waals surface area contributed by atoms with Crippen LogP contribution in [0.4, 0.5) is 10.1 Å². The van der Waals surface area contributed by atoms with Crippen LogP contribution in [0.5, 0.6) is 0 Å². The molecular formula is C13H12FN3O2S. The van der Waals surface area contributed by atoms with Crippen LogP contribution in [0.1, 0.15) is 10.4 Å². The first-order chi connectivity index (χ1) is 9.61. The number of carbonyl (C=O) groups excluding carboxylic acids is 1. The Kier molecular flexibility index (Phi) is 4.31. The fourth-order valence-electron chi connectivity index (χ4n) is 1.70. The van der Waals surface area contributed by atoms with E-state index < -0.39 is 11.7 Å². The van der Waals surface area contributed by atoms with E-state index in [0.717, 1.165) is 4.88 Å². The molecule has 2 aromatic rings. The van der Waals surface area contributed by atoms with Crippen LogP contribution in [-0.4, -0.2) is 17.0 Å². The molecule has 0 saturated heterocycles. The molecule has 1 aromatic heterocycles. The van der Waals surface area contributed by atoms with Crippen LogP contribution in [0.25, 0.3) is 0 Å². The van der Waals surface area contributed by atoms with Crippen LogP contribution < -0.4 is 11.1 Å². The van der Waals surface area contributed by atoms with E-state index in [0.29, 0.717) is 0 Å². The Morgan fingerprint density at radius 3 is 2.85 bits per heavy atom. The fraction of sp³-hybridized carbons (Fsp3) is 0.0769. The van der Waals surface area contributed by atoms with E-state index >= 15 is 0 Å². The SMILES string of the molecule is N/C(=N/O)c1c(F)cccc1NC(=O)Cc1cccs1. The third-order valence-electron chi connectivity index (χ3n) is 2.57. The van der Waals surface area contributed by atoms with Crippen molar-refractivity contribution < 1.29 is 14.4 Å². The highest BCUT2D eigenvalue weighted by Crippen LogP contribution is 2.19. The summed E-state index contributed by atoms with van der Waals surface area (Å²) in [6, 6.07) is 7.77. The summed E-state index contributed by atoms with van der Waals surface area (Å²) in [5.74, 6) is -1.37. The van der Waals surface area contributed by atoms with Gasteiger partial charge in [-0.15, -0.1) is 11.3 Å². The van der Waals surface area contributed by atoms with Gasteiger partial charge in [0, 0.05) is 4.88 Å². The van der Waals surface area contributed by atoms with Crippen LogP contribution in [0.15, 0.2) is 40.9 Å². The van der Waals surface area contributed by atoms with Crippen LogP contribution >= 0.6 is 11.3 Å². The topological polar surface area (TPSA) is 87.7 Å². The normalized spacial score (nSPS) is 11.3. The first-order valence-electron chi connectivity index (χ1n) is 5.70. The number of amidine groups is 1. The molecule has 0 aliphatic rings. The van der Waals surface area contributed by atoms with Gasteiger partial charge in [0.15, 0.2) is 5.84 Å². The number of nitrogens with two attached hydrogens (primary N) is 1. The molecule has 1 amide bonds. The van der Waals surface area contributed by atoms with Gasteiger partial charge < -0.3 is 16.3 Å². The summed E-state index contributed by atoms with van der Waals surface area (Å²) in [6.45, 7) is 0. The largest absolute Gasteiger partial charge is 0.409 e. The fourth-order valence-corrected chi connectivity index (χ4v) is 2.41. The highest BCUT2D eigenvalue weighted by Gasteiger charge is 2.15. The molecule has 0 aliphatic carbocycles. The molecule has 20 heavy (non-hydrogen) atoms. The van der Waals surface area contributed by atoms with Crippen LogP contribution in [0.2, 0.25) is 0 Å². The number of hydrogen-bond acceptors (Lipinski definition) is 4. The number of benzene rings is 1. The second-order valence-electron chi connectivity index (χ2n) is 3.95. The number of carbonyl (C=O) groups is 1. The summed E-state index contributed by atoms with van der Waals surface area (Å²) in [5.41, 5.74) is 5.46. The molecule has 2 rings (SSSR count). The first-order valence-corrected chi connectivity index (χ1v) is 6.58. The molecule has 0 fully saturated rings. The average Bonchev–Trinajstić information content (AvgIpc) is 2.91. The van der Waals surface area contributed by atoms with E-state index in [4.69, 9.17) is 10.9 Å². The molecule has 0 radical (unpaired) electrons. The second-order valence-corrected chi connectivity index (χ2v) is 4.98. The van der Waals surface area contributed by atoms with Crippen molar-refractivity contribution in [1.29, 1.82) is 0 Å². The number of nitrogens with zero attached hydrogens (tertiary/aromatic N) is 1. The second kappa shape index (κ2) is 6.16. The van der Waals surface area contributed by atoms with Gasteiger partial charge in [0.2, 0.25) is 5.91 Å². The molecule has 0 unspecified atom stereocenters. The number of nitrogens with one attached hydrogen (secondary N) is 1.